The van der Waals surface area contributed by atoms with Gasteiger partial charge in [0.25, 0.3) is 0 Å². The first-order valence-corrected chi connectivity index (χ1v) is 6.68. The molecule has 1 saturated carbocycles. The summed E-state index contributed by atoms with van der Waals surface area (Å²) in [6, 6.07) is 2.01. The molecule has 2 aliphatic rings. The normalized spacial score (nSPS) is 38.4. The Morgan fingerprint density at radius 2 is 2.41 bits per heavy atom. The molecule has 0 radical (unpaired) electrons. The van der Waals surface area contributed by atoms with Gasteiger partial charge in [0.1, 0.15) is 0 Å². The number of rotatable bonds is 1. The molecule has 1 N–H and O–H groups in total. The topological polar surface area (TPSA) is 34.4 Å². The van der Waals surface area contributed by atoms with E-state index in [0.717, 1.165) is 24.6 Å². The smallest absolute Gasteiger partial charge is 0.0988 e. The lowest BCUT2D eigenvalue weighted by Gasteiger charge is -2.45. The quantitative estimate of drug-likeness (QED) is 0.812. The molecule has 3 rings (SSSR count). The third kappa shape index (κ3) is 2.26. The van der Waals surface area contributed by atoms with Crippen LogP contribution in [-0.4, -0.2) is 18.7 Å². The predicted molar refractivity (Wildman–Crippen MR) is 65.8 cm³/mol. The van der Waals surface area contributed by atoms with Gasteiger partial charge in [-0.2, -0.15) is 0 Å². The molecule has 2 fully saturated rings. The van der Waals surface area contributed by atoms with Crippen LogP contribution < -0.4 is 5.32 Å². The van der Waals surface area contributed by atoms with Crippen molar-refractivity contribution in [2.75, 3.05) is 13.1 Å². The molecule has 1 spiro atoms. The number of ether oxygens (including phenoxy) is 1. The van der Waals surface area contributed by atoms with Crippen LogP contribution in [0.15, 0.2) is 23.0 Å². The van der Waals surface area contributed by atoms with Gasteiger partial charge in [0, 0.05) is 18.7 Å². The minimum atomic E-state index is 0.0673. The molecule has 3 heteroatoms. The molecule has 1 saturated heterocycles. The summed E-state index contributed by atoms with van der Waals surface area (Å²) in [7, 11) is 0. The van der Waals surface area contributed by atoms with Crippen LogP contribution in [-0.2, 0) is 4.74 Å². The highest BCUT2D eigenvalue weighted by Crippen LogP contribution is 2.40. The zero-order valence-electron chi connectivity index (χ0n) is 10.4. The molecular formula is C14H21NO2. The third-order valence-electron chi connectivity index (χ3n) is 4.13. The molecule has 94 valence electrons. The summed E-state index contributed by atoms with van der Waals surface area (Å²) in [4.78, 5) is 0. The number of furan rings is 1. The van der Waals surface area contributed by atoms with Crippen LogP contribution in [0.1, 0.15) is 44.3 Å². The van der Waals surface area contributed by atoms with Crippen LogP contribution in [0.4, 0.5) is 0 Å². The molecule has 17 heavy (non-hydrogen) atoms. The summed E-state index contributed by atoms with van der Waals surface area (Å²) in [5.74, 6) is 0.786. The van der Waals surface area contributed by atoms with E-state index >= 15 is 0 Å². The van der Waals surface area contributed by atoms with Crippen molar-refractivity contribution in [2.45, 2.75) is 44.3 Å². The Morgan fingerprint density at radius 1 is 1.47 bits per heavy atom. The fraction of sp³-hybridized carbons (Fsp3) is 0.714. The van der Waals surface area contributed by atoms with Gasteiger partial charge in [0.15, 0.2) is 0 Å². The average Bonchev–Trinajstić information content (AvgIpc) is 2.82. The van der Waals surface area contributed by atoms with Crippen molar-refractivity contribution in [3.05, 3.63) is 24.2 Å². The summed E-state index contributed by atoms with van der Waals surface area (Å²) in [6.45, 7) is 4.24. The molecule has 3 nitrogen and oxygen atoms in total. The van der Waals surface area contributed by atoms with E-state index in [1.54, 1.807) is 12.5 Å². The number of hydrogen-bond acceptors (Lipinski definition) is 3. The van der Waals surface area contributed by atoms with Gasteiger partial charge < -0.3 is 14.5 Å². The second kappa shape index (κ2) is 4.46. The second-order valence-electron chi connectivity index (χ2n) is 5.68. The van der Waals surface area contributed by atoms with Crippen LogP contribution in [0.5, 0.6) is 0 Å². The van der Waals surface area contributed by atoms with Gasteiger partial charge in [-0.1, -0.05) is 19.8 Å². The monoisotopic (exact) mass is 235 g/mol. The first-order chi connectivity index (χ1) is 8.27. The van der Waals surface area contributed by atoms with E-state index in [-0.39, 0.29) is 11.7 Å². The van der Waals surface area contributed by atoms with Crippen molar-refractivity contribution in [2.24, 2.45) is 5.92 Å². The van der Waals surface area contributed by atoms with E-state index in [9.17, 15) is 0 Å². The Bertz CT molecular complexity index is 358. The minimum Gasteiger partial charge on any atom is -0.472 e. The van der Waals surface area contributed by atoms with Crippen LogP contribution >= 0.6 is 0 Å². The summed E-state index contributed by atoms with van der Waals surface area (Å²) in [6.07, 6.45) is 8.71. The third-order valence-corrected chi connectivity index (χ3v) is 4.13. The molecule has 1 aliphatic heterocycles. The largest absolute Gasteiger partial charge is 0.472 e. The van der Waals surface area contributed by atoms with Gasteiger partial charge in [-0.3, -0.25) is 0 Å². The Kier molecular flexibility index (Phi) is 2.97. The number of morpholine rings is 1. The molecule has 0 amide bonds. The molecule has 0 bridgehead atoms. The van der Waals surface area contributed by atoms with E-state index in [1.807, 2.05) is 6.07 Å². The van der Waals surface area contributed by atoms with Gasteiger partial charge in [0.05, 0.1) is 24.2 Å². The second-order valence-corrected chi connectivity index (χ2v) is 5.68. The van der Waals surface area contributed by atoms with Crippen molar-refractivity contribution in [1.29, 1.82) is 0 Å². The number of hydrogen-bond donors (Lipinski definition) is 1. The fourth-order valence-corrected chi connectivity index (χ4v) is 3.34. The van der Waals surface area contributed by atoms with Crippen LogP contribution in [0.3, 0.4) is 0 Å². The van der Waals surface area contributed by atoms with Crippen molar-refractivity contribution < 1.29 is 9.15 Å². The van der Waals surface area contributed by atoms with Gasteiger partial charge in [-0.05, 0) is 24.8 Å². The van der Waals surface area contributed by atoms with E-state index in [2.05, 4.69) is 12.2 Å². The SMILES string of the molecule is CC1CCCC2(CNCC(c3ccoc3)O2)C1. The van der Waals surface area contributed by atoms with E-state index < -0.39 is 0 Å². The van der Waals surface area contributed by atoms with Crippen LogP contribution in [0, 0.1) is 5.92 Å². The van der Waals surface area contributed by atoms with Crippen molar-refractivity contribution in [3.8, 4) is 0 Å². The standard InChI is InChI=1S/C14H21NO2/c1-11-3-2-5-14(7-11)10-15-8-13(17-14)12-4-6-16-9-12/h4,6,9,11,13,15H,2-3,5,7-8,10H2,1H3. The average molecular weight is 235 g/mol. The maximum absolute atomic E-state index is 6.41. The fourth-order valence-electron chi connectivity index (χ4n) is 3.34. The molecule has 3 atom stereocenters. The Morgan fingerprint density at radius 3 is 3.18 bits per heavy atom. The Hall–Kier alpha value is -0.800. The van der Waals surface area contributed by atoms with Gasteiger partial charge in [-0.25, -0.2) is 0 Å². The van der Waals surface area contributed by atoms with E-state index in [0.29, 0.717) is 0 Å². The van der Waals surface area contributed by atoms with E-state index in [4.69, 9.17) is 9.15 Å². The molecule has 3 unspecified atom stereocenters. The van der Waals surface area contributed by atoms with Gasteiger partial charge >= 0.3 is 0 Å². The van der Waals surface area contributed by atoms with Crippen molar-refractivity contribution >= 4 is 0 Å². The highest BCUT2D eigenvalue weighted by atomic mass is 16.5. The van der Waals surface area contributed by atoms with Crippen LogP contribution in [0.2, 0.25) is 0 Å². The Balaban J connectivity index is 1.74. The maximum atomic E-state index is 6.41. The van der Waals surface area contributed by atoms with Gasteiger partial charge in [0.2, 0.25) is 0 Å². The molecule has 1 aliphatic carbocycles. The summed E-state index contributed by atoms with van der Waals surface area (Å²) in [5, 5.41) is 3.54. The summed E-state index contributed by atoms with van der Waals surface area (Å²) in [5.41, 5.74) is 1.23. The molecular weight excluding hydrogens is 214 g/mol. The highest BCUT2D eigenvalue weighted by Gasteiger charge is 2.40. The minimum absolute atomic E-state index is 0.0673. The van der Waals surface area contributed by atoms with E-state index in [1.165, 1.54) is 25.7 Å². The van der Waals surface area contributed by atoms with Crippen molar-refractivity contribution in [1.82, 2.24) is 5.32 Å². The molecule has 2 heterocycles. The molecule has 1 aromatic heterocycles. The highest BCUT2D eigenvalue weighted by molar-refractivity contribution is 5.12. The lowest BCUT2D eigenvalue weighted by atomic mass is 9.78. The first kappa shape index (κ1) is 11.3. The first-order valence-electron chi connectivity index (χ1n) is 6.68. The van der Waals surface area contributed by atoms with Gasteiger partial charge in [-0.15, -0.1) is 0 Å². The Labute approximate surface area is 103 Å². The number of nitrogens with one attached hydrogen (secondary N) is 1. The predicted octanol–water partition coefficient (Wildman–Crippen LogP) is 2.89. The zero-order valence-corrected chi connectivity index (χ0v) is 10.4. The maximum Gasteiger partial charge on any atom is 0.0988 e. The molecule has 1 aromatic rings. The lowest BCUT2D eigenvalue weighted by molar-refractivity contribution is -0.143. The zero-order chi connectivity index (χ0) is 11.7. The summed E-state index contributed by atoms with van der Waals surface area (Å²) < 4.78 is 11.6. The van der Waals surface area contributed by atoms with Crippen molar-refractivity contribution in [3.63, 3.8) is 0 Å². The van der Waals surface area contributed by atoms with Crippen LogP contribution in [0.25, 0.3) is 0 Å². The lowest BCUT2D eigenvalue weighted by Crippen LogP contribution is -2.52. The molecule has 0 aromatic carbocycles. The summed E-state index contributed by atoms with van der Waals surface area (Å²) >= 11 is 0.